The second kappa shape index (κ2) is 10.2. The van der Waals surface area contributed by atoms with Gasteiger partial charge in [-0.2, -0.15) is 0 Å². The highest BCUT2D eigenvalue weighted by molar-refractivity contribution is 7.83. The normalized spacial score (nSPS) is 13.0. The molecule has 1 aromatic heterocycles. The van der Waals surface area contributed by atoms with Crippen LogP contribution < -0.4 is 5.32 Å². The molecule has 3 aromatic rings. The molecule has 1 amide bonds. The summed E-state index contributed by atoms with van der Waals surface area (Å²) in [4.78, 5) is 12.4. The van der Waals surface area contributed by atoms with Crippen molar-refractivity contribution in [2.75, 3.05) is 0 Å². The van der Waals surface area contributed by atoms with Gasteiger partial charge >= 0.3 is 0 Å². The Hall–Kier alpha value is -2.66. The molecule has 0 saturated heterocycles. The van der Waals surface area contributed by atoms with Crippen LogP contribution in [0, 0.1) is 6.92 Å². The van der Waals surface area contributed by atoms with E-state index in [4.69, 9.17) is 4.42 Å². The van der Waals surface area contributed by atoms with Crippen LogP contribution in [0.5, 0.6) is 0 Å². The Morgan fingerprint density at radius 1 is 0.966 bits per heavy atom. The van der Waals surface area contributed by atoms with Gasteiger partial charge in [-0.25, -0.2) is 0 Å². The summed E-state index contributed by atoms with van der Waals surface area (Å²) in [5.41, 5.74) is 3.47. The largest absolute Gasteiger partial charge is 0.455 e. The first-order chi connectivity index (χ1) is 14.0. The van der Waals surface area contributed by atoms with Crippen LogP contribution in [0.3, 0.4) is 0 Å². The van der Waals surface area contributed by atoms with Crippen LogP contribution in [-0.4, -0.2) is 16.2 Å². The smallest absolute Gasteiger partial charge is 0.287 e. The minimum absolute atomic E-state index is 0.0342. The lowest BCUT2D eigenvalue weighted by Crippen LogP contribution is -2.32. The number of aryl methyl sites for hydroxylation is 2. The quantitative estimate of drug-likeness (QED) is 0.553. The average molecular weight is 410 g/mol. The van der Waals surface area contributed by atoms with Crippen molar-refractivity contribution >= 4 is 16.7 Å². The van der Waals surface area contributed by atoms with Crippen LogP contribution in [0.25, 0.3) is 0 Å². The Morgan fingerprint density at radius 3 is 2.41 bits per heavy atom. The van der Waals surface area contributed by atoms with Crippen molar-refractivity contribution in [3.05, 3.63) is 94.9 Å². The Morgan fingerprint density at radius 2 is 1.69 bits per heavy atom. The van der Waals surface area contributed by atoms with Gasteiger partial charge in [0.15, 0.2) is 5.76 Å². The molecular weight excluding hydrogens is 382 g/mol. The number of carbonyl (C=O) groups excluding carboxylic acids is 1. The van der Waals surface area contributed by atoms with Gasteiger partial charge in [0.2, 0.25) is 0 Å². The molecule has 0 fully saturated rings. The molecule has 1 N–H and O–H groups in total. The predicted molar refractivity (Wildman–Crippen MR) is 117 cm³/mol. The van der Waals surface area contributed by atoms with E-state index < -0.39 is 10.8 Å². The van der Waals surface area contributed by atoms with Crippen LogP contribution in [-0.2, 0) is 28.7 Å². The molecule has 152 valence electrons. The van der Waals surface area contributed by atoms with E-state index >= 15 is 0 Å². The lowest BCUT2D eigenvalue weighted by molar-refractivity contribution is 0.0909. The maximum absolute atomic E-state index is 12.4. The highest BCUT2D eigenvalue weighted by Crippen LogP contribution is 2.14. The third kappa shape index (κ3) is 6.71. The average Bonchev–Trinajstić information content (AvgIpc) is 3.17. The standard InChI is InChI=1S/C24H27NO3S/c1-18-8-11-21(12-9-18)16-29(27)17-22-14-15-23(28-22)24(26)25-19(2)10-13-20-6-4-3-5-7-20/h3-9,11-12,14-15,19H,10,13,16-17H2,1-2H3,(H,25,26)/t19-,29+/m1/s1. The first-order valence-electron chi connectivity index (χ1n) is 9.83. The predicted octanol–water partition coefficient (Wildman–Crippen LogP) is 4.79. The molecule has 0 radical (unpaired) electrons. The van der Waals surface area contributed by atoms with Gasteiger partial charge in [0.05, 0.1) is 5.75 Å². The summed E-state index contributed by atoms with van der Waals surface area (Å²) >= 11 is 0. The van der Waals surface area contributed by atoms with E-state index in [1.165, 1.54) is 11.1 Å². The minimum Gasteiger partial charge on any atom is -0.455 e. The van der Waals surface area contributed by atoms with Gasteiger partial charge in [-0.15, -0.1) is 0 Å². The van der Waals surface area contributed by atoms with Gasteiger partial charge in [0.1, 0.15) is 5.76 Å². The van der Waals surface area contributed by atoms with Crippen LogP contribution in [0.15, 0.2) is 71.1 Å². The summed E-state index contributed by atoms with van der Waals surface area (Å²) in [6.07, 6.45) is 1.76. The lowest BCUT2D eigenvalue weighted by Gasteiger charge is -2.12. The van der Waals surface area contributed by atoms with E-state index in [0.29, 0.717) is 17.3 Å². The molecule has 0 bridgehead atoms. The molecule has 0 aliphatic carbocycles. The van der Waals surface area contributed by atoms with Crippen LogP contribution in [0.1, 0.15) is 46.3 Å². The Balaban J connectivity index is 1.47. The summed E-state index contributed by atoms with van der Waals surface area (Å²) in [5.74, 6) is 1.36. The monoisotopic (exact) mass is 409 g/mol. The van der Waals surface area contributed by atoms with E-state index in [1.807, 2.05) is 56.3 Å². The van der Waals surface area contributed by atoms with E-state index in [1.54, 1.807) is 12.1 Å². The summed E-state index contributed by atoms with van der Waals surface area (Å²) in [6.45, 7) is 4.01. The zero-order valence-electron chi connectivity index (χ0n) is 16.9. The van der Waals surface area contributed by atoms with E-state index in [9.17, 15) is 9.00 Å². The van der Waals surface area contributed by atoms with Crippen molar-refractivity contribution in [1.29, 1.82) is 0 Å². The van der Waals surface area contributed by atoms with E-state index in [-0.39, 0.29) is 17.7 Å². The molecule has 29 heavy (non-hydrogen) atoms. The van der Waals surface area contributed by atoms with Crippen LogP contribution in [0.4, 0.5) is 0 Å². The number of benzene rings is 2. The van der Waals surface area contributed by atoms with E-state index in [0.717, 1.165) is 18.4 Å². The molecule has 0 spiro atoms. The number of hydrogen-bond donors (Lipinski definition) is 1. The van der Waals surface area contributed by atoms with Crippen LogP contribution in [0.2, 0.25) is 0 Å². The SMILES string of the molecule is Cc1ccc(C[S@](=O)Cc2ccc(C(=O)N[C@H](C)CCc3ccccc3)o2)cc1. The van der Waals surface area contributed by atoms with Gasteiger partial charge in [-0.05, 0) is 49.9 Å². The van der Waals surface area contributed by atoms with Crippen LogP contribution >= 0.6 is 0 Å². The minimum atomic E-state index is -1.09. The number of hydrogen-bond acceptors (Lipinski definition) is 3. The fourth-order valence-corrected chi connectivity index (χ4v) is 4.19. The second-order valence-electron chi connectivity index (χ2n) is 7.38. The van der Waals surface area contributed by atoms with Crippen molar-refractivity contribution < 1.29 is 13.4 Å². The van der Waals surface area contributed by atoms with Crippen molar-refractivity contribution in [2.45, 2.75) is 44.2 Å². The molecule has 2 atom stereocenters. The zero-order chi connectivity index (χ0) is 20.6. The molecule has 4 nitrogen and oxygen atoms in total. The second-order valence-corrected chi connectivity index (χ2v) is 8.84. The Labute approximate surface area is 174 Å². The fraction of sp³-hybridized carbons (Fsp3) is 0.292. The molecule has 0 aliphatic heterocycles. The van der Waals surface area contributed by atoms with E-state index in [2.05, 4.69) is 17.4 Å². The summed E-state index contributed by atoms with van der Waals surface area (Å²) < 4.78 is 18.0. The fourth-order valence-electron chi connectivity index (χ4n) is 3.05. The maximum Gasteiger partial charge on any atom is 0.287 e. The number of rotatable bonds is 9. The number of furan rings is 1. The molecule has 2 aromatic carbocycles. The topological polar surface area (TPSA) is 59.3 Å². The van der Waals surface area contributed by atoms with Gasteiger partial charge in [0, 0.05) is 22.6 Å². The maximum atomic E-state index is 12.4. The zero-order valence-corrected chi connectivity index (χ0v) is 17.7. The molecule has 0 unspecified atom stereocenters. The first kappa shape index (κ1) is 21.1. The summed E-state index contributed by atoms with van der Waals surface area (Å²) in [6, 6.07) is 21.6. The highest BCUT2D eigenvalue weighted by atomic mass is 32.2. The highest BCUT2D eigenvalue weighted by Gasteiger charge is 2.15. The Bertz CT molecular complexity index is 948. The molecule has 0 aliphatic rings. The third-order valence-corrected chi connectivity index (χ3v) is 5.99. The summed E-state index contributed by atoms with van der Waals surface area (Å²) in [5, 5.41) is 2.97. The van der Waals surface area contributed by atoms with Crippen molar-refractivity contribution in [2.24, 2.45) is 0 Å². The van der Waals surface area contributed by atoms with Gasteiger partial charge in [-0.1, -0.05) is 60.2 Å². The number of amides is 1. The molecular formula is C24H27NO3S. The number of nitrogens with one attached hydrogen (secondary N) is 1. The summed E-state index contributed by atoms with van der Waals surface area (Å²) in [7, 11) is -1.09. The lowest BCUT2D eigenvalue weighted by atomic mass is 10.1. The van der Waals surface area contributed by atoms with Gasteiger partial charge < -0.3 is 9.73 Å². The molecule has 3 rings (SSSR count). The van der Waals surface area contributed by atoms with Crippen molar-refractivity contribution in [3.8, 4) is 0 Å². The number of carbonyl (C=O) groups is 1. The molecule has 1 heterocycles. The first-order valence-corrected chi connectivity index (χ1v) is 11.3. The molecule has 0 saturated carbocycles. The van der Waals surface area contributed by atoms with Crippen molar-refractivity contribution in [1.82, 2.24) is 5.32 Å². The van der Waals surface area contributed by atoms with Crippen molar-refractivity contribution in [3.63, 3.8) is 0 Å². The third-order valence-electron chi connectivity index (χ3n) is 4.72. The Kier molecular flexibility index (Phi) is 7.42. The van der Waals surface area contributed by atoms with Gasteiger partial charge in [-0.3, -0.25) is 9.00 Å². The van der Waals surface area contributed by atoms with Gasteiger partial charge in [0.25, 0.3) is 5.91 Å². The molecule has 5 heteroatoms.